The average Bonchev–Trinajstić information content (AvgIpc) is 3.38. The van der Waals surface area contributed by atoms with Crippen molar-refractivity contribution in [2.24, 2.45) is 40.9 Å². The van der Waals surface area contributed by atoms with Crippen LogP contribution in [0.25, 0.3) is 0 Å². The number of ether oxygens (including phenoxy) is 4. The number of carbonyl (C=O) groups excluding carboxylic acids is 4. The second-order valence-corrected chi connectivity index (χ2v) is 17.2. The number of nitrogens with one attached hydrogen (secondary N) is 1. The van der Waals surface area contributed by atoms with Crippen LogP contribution in [-0.4, -0.2) is 99.4 Å². The molecule has 0 radical (unpaired) electrons. The molecule has 0 aromatic heterocycles. The van der Waals surface area contributed by atoms with Crippen molar-refractivity contribution in [3.05, 3.63) is 68.5 Å². The molecule has 1 unspecified atom stereocenters. The predicted octanol–water partition coefficient (Wildman–Crippen LogP) is 4.21. The first-order valence-corrected chi connectivity index (χ1v) is 19.3. The van der Waals surface area contributed by atoms with Crippen molar-refractivity contribution >= 4 is 24.1 Å². The Morgan fingerprint density at radius 2 is 1.79 bits per heavy atom. The summed E-state index contributed by atoms with van der Waals surface area (Å²) in [6.07, 6.45) is 3.32. The fraction of sp³-hybridized carbons (Fsp3) is 0.659. The highest BCUT2D eigenvalue weighted by molar-refractivity contribution is 6.26. The van der Waals surface area contributed by atoms with E-state index in [9.17, 15) is 44.6 Å². The van der Waals surface area contributed by atoms with E-state index in [1.807, 2.05) is 39.0 Å². The zero-order valence-electron chi connectivity index (χ0n) is 33.1. The fourth-order valence-corrected chi connectivity index (χ4v) is 10.8. The summed E-state index contributed by atoms with van der Waals surface area (Å²) < 4.78 is 23.4. The van der Waals surface area contributed by atoms with Crippen molar-refractivity contribution in [3.8, 4) is 0 Å². The summed E-state index contributed by atoms with van der Waals surface area (Å²) in [4.78, 5) is 65.3. The molecule has 15 nitrogen and oxygen atoms in total. The van der Waals surface area contributed by atoms with Crippen molar-refractivity contribution in [3.63, 3.8) is 0 Å². The zero-order valence-corrected chi connectivity index (χ0v) is 33.1. The Balaban J connectivity index is 1.51. The molecule has 306 valence electrons. The van der Waals surface area contributed by atoms with Crippen molar-refractivity contribution in [1.29, 1.82) is 0 Å². The molecule has 6 rings (SSSR count). The van der Waals surface area contributed by atoms with E-state index in [0.717, 1.165) is 12.7 Å². The van der Waals surface area contributed by atoms with Crippen molar-refractivity contribution < 1.29 is 58.4 Å². The molecule has 4 aliphatic carbocycles. The number of carbonyl (C=O) groups is 4. The number of esters is 1. The van der Waals surface area contributed by atoms with Gasteiger partial charge in [-0.05, 0) is 68.6 Å². The largest absolute Gasteiger partial charge is 0.511 e. The number of nitro groups is 1. The number of nitrogens with zero attached hydrogens (tertiary/aromatic N) is 1. The van der Waals surface area contributed by atoms with E-state index in [-0.39, 0.29) is 36.7 Å². The zero-order chi connectivity index (χ0) is 41.2. The molecular formula is C41H54N2O13. The van der Waals surface area contributed by atoms with Crippen LogP contribution in [0.2, 0.25) is 0 Å². The SMILES string of the molecule is COC(=O)N[C@H]1[C@@H](C)O[C@@H](O[C@H]2C/C=C(\C)[C@@H]3C=C[C@@H]4[C@@H](O)[C@@H](C)CC(C)[C@H]4[C@]3(C)/C(O)=C3/C(=O)O[C@]4(CC(C=O)=C[C@H](O)[C@H]4/C=C/2C)C3=O)C[C@]1(C)[N+](=O)[O-]. The van der Waals surface area contributed by atoms with E-state index in [0.29, 0.717) is 18.3 Å². The summed E-state index contributed by atoms with van der Waals surface area (Å²) in [7, 11) is 1.15. The van der Waals surface area contributed by atoms with E-state index in [1.165, 1.54) is 13.0 Å². The maximum atomic E-state index is 14.9. The highest BCUT2D eigenvalue weighted by Gasteiger charge is 2.64. The van der Waals surface area contributed by atoms with Gasteiger partial charge in [-0.2, -0.15) is 0 Å². The smallest absolute Gasteiger partial charge is 0.407 e. The lowest BCUT2D eigenvalue weighted by Gasteiger charge is -2.55. The summed E-state index contributed by atoms with van der Waals surface area (Å²) in [5.74, 6) is -5.13. The minimum absolute atomic E-state index is 0.0397. The number of amides is 1. The molecule has 1 saturated carbocycles. The molecule has 3 fully saturated rings. The number of aliphatic hydroxyl groups excluding tert-OH is 3. The molecule has 56 heavy (non-hydrogen) atoms. The number of alkyl carbamates (subject to hydrolysis) is 1. The number of allylic oxidation sites excluding steroid dienone is 3. The van der Waals surface area contributed by atoms with Gasteiger partial charge in [-0.25, -0.2) is 9.59 Å². The second-order valence-electron chi connectivity index (χ2n) is 17.2. The molecule has 1 amide bonds. The summed E-state index contributed by atoms with van der Waals surface area (Å²) in [5, 5.41) is 50.6. The fourth-order valence-electron chi connectivity index (χ4n) is 10.8. The number of ketones is 1. The number of hydrogen-bond acceptors (Lipinski definition) is 13. The van der Waals surface area contributed by atoms with Crippen LogP contribution >= 0.6 is 0 Å². The Bertz CT molecular complexity index is 1830. The van der Waals surface area contributed by atoms with Gasteiger partial charge in [0.15, 0.2) is 11.9 Å². The highest BCUT2D eigenvalue weighted by Crippen LogP contribution is 2.60. The van der Waals surface area contributed by atoms with E-state index in [4.69, 9.17) is 18.9 Å². The van der Waals surface area contributed by atoms with E-state index < -0.39 is 111 Å². The Morgan fingerprint density at radius 3 is 2.43 bits per heavy atom. The lowest BCUT2D eigenvalue weighted by molar-refractivity contribution is -0.584. The lowest BCUT2D eigenvalue weighted by atomic mass is 9.49. The summed E-state index contributed by atoms with van der Waals surface area (Å²) >= 11 is 0. The van der Waals surface area contributed by atoms with Gasteiger partial charge in [0.05, 0.1) is 43.9 Å². The van der Waals surface area contributed by atoms with E-state index in [1.54, 1.807) is 26.8 Å². The molecule has 6 aliphatic rings. The van der Waals surface area contributed by atoms with Crippen LogP contribution in [0.5, 0.6) is 0 Å². The van der Waals surface area contributed by atoms with Crippen molar-refractivity contribution in [2.75, 3.05) is 7.11 Å². The molecule has 15 heteroatoms. The van der Waals surface area contributed by atoms with Gasteiger partial charge in [0.1, 0.15) is 23.7 Å². The number of aliphatic hydroxyl groups is 3. The van der Waals surface area contributed by atoms with Gasteiger partial charge in [0.25, 0.3) is 0 Å². The third-order valence-electron chi connectivity index (χ3n) is 13.7. The summed E-state index contributed by atoms with van der Waals surface area (Å²) in [6.45, 7) is 12.4. The number of fused-ring (bicyclic) bond motifs is 4. The van der Waals surface area contributed by atoms with Gasteiger partial charge in [-0.3, -0.25) is 19.7 Å². The predicted molar refractivity (Wildman–Crippen MR) is 199 cm³/mol. The van der Waals surface area contributed by atoms with E-state index >= 15 is 0 Å². The lowest BCUT2D eigenvalue weighted by Crippen LogP contribution is -2.65. The summed E-state index contributed by atoms with van der Waals surface area (Å²) in [6, 6.07) is -1.07. The maximum absolute atomic E-state index is 14.9. The molecule has 4 N–H and O–H groups in total. The molecule has 0 aromatic carbocycles. The van der Waals surface area contributed by atoms with Crippen LogP contribution in [-0.2, 0) is 33.3 Å². The number of aldehydes is 1. The molecule has 1 spiro atoms. The molecule has 2 heterocycles. The van der Waals surface area contributed by atoms with Gasteiger partial charge >= 0.3 is 12.1 Å². The number of Topliss-reactive ketones (excluding diaryl/α,β-unsaturated/α-hetero) is 1. The van der Waals surface area contributed by atoms with Crippen LogP contribution in [0.1, 0.15) is 74.1 Å². The number of methoxy groups -OCH3 is 1. The molecule has 2 bridgehead atoms. The topological polar surface area (TPSA) is 221 Å². The Kier molecular flexibility index (Phi) is 11.1. The molecule has 0 aromatic rings. The molecular weight excluding hydrogens is 728 g/mol. The molecule has 2 aliphatic heterocycles. The highest BCUT2D eigenvalue weighted by atomic mass is 16.7. The molecule has 2 saturated heterocycles. The van der Waals surface area contributed by atoms with Gasteiger partial charge in [0, 0.05) is 35.5 Å². The van der Waals surface area contributed by atoms with Crippen molar-refractivity contribution in [2.45, 2.75) is 122 Å². The maximum Gasteiger partial charge on any atom is 0.407 e. The minimum atomic E-state index is -2.10. The Labute approximate surface area is 326 Å². The van der Waals surface area contributed by atoms with Gasteiger partial charge < -0.3 is 39.6 Å². The first-order valence-electron chi connectivity index (χ1n) is 19.3. The normalized spacial score (nSPS) is 47.0. The van der Waals surface area contributed by atoms with Crippen LogP contribution in [0.15, 0.2) is 58.4 Å². The average molecular weight is 783 g/mol. The standard InChI is InChI=1S/C41H54N2O13/c1-19-9-12-29(55-30-17-39(6,43(51)52)34(23(5)54-30)42-38(50)53-8)20(2)14-27-28(45)15-24(18-44)16-41(27)36(48)31(37(49)56-41)35(47)40(7)26(19)11-10-25-32(40)21(3)13-22(4)33(25)46/h9-11,14-15,18,21-23,25-30,32-34,45-47H,12-13,16-17H2,1-8H3,(H,42,50)/b19-9+,20-14+,35-31-/t21?,22-,23+,25-,26-,27+,28-,29-,30-,32+,33-,34-,39-,40+,41-/m0/s1. The quantitative estimate of drug-likeness (QED) is 0.0768. The third kappa shape index (κ3) is 6.53. The Morgan fingerprint density at radius 1 is 1.09 bits per heavy atom. The second kappa shape index (κ2) is 15.0. The van der Waals surface area contributed by atoms with Crippen molar-refractivity contribution in [1.82, 2.24) is 5.32 Å². The van der Waals surface area contributed by atoms with Crippen LogP contribution in [0, 0.1) is 51.0 Å². The van der Waals surface area contributed by atoms with Crippen LogP contribution < -0.4 is 5.32 Å². The van der Waals surface area contributed by atoms with Gasteiger partial charge in [0.2, 0.25) is 11.3 Å². The summed E-state index contributed by atoms with van der Waals surface area (Å²) in [5.41, 5.74) is -4.40. The number of rotatable bonds is 5. The van der Waals surface area contributed by atoms with Crippen LogP contribution in [0.4, 0.5) is 4.79 Å². The van der Waals surface area contributed by atoms with Gasteiger partial charge in [-0.1, -0.05) is 50.6 Å². The molecule has 15 atom stereocenters. The third-order valence-corrected chi connectivity index (χ3v) is 13.7. The Hall–Kier alpha value is -4.18. The first kappa shape index (κ1) is 41.5. The van der Waals surface area contributed by atoms with Gasteiger partial charge in [-0.15, -0.1) is 0 Å². The minimum Gasteiger partial charge on any atom is -0.511 e. The van der Waals surface area contributed by atoms with Crippen LogP contribution in [0.3, 0.4) is 0 Å². The monoisotopic (exact) mass is 782 g/mol. The number of hydrogen-bond donors (Lipinski definition) is 4. The van der Waals surface area contributed by atoms with E-state index in [2.05, 4.69) is 5.32 Å². The first-order chi connectivity index (χ1) is 26.2.